The average Bonchev–Trinajstić information content (AvgIpc) is 2.45. The number of anilines is 1. The highest BCUT2D eigenvalue weighted by molar-refractivity contribution is 5.68. The largest absolute Gasteiger partial charge is 0.444 e. The Bertz CT molecular complexity index is 522. The number of carbonyl (C=O) groups is 1. The van der Waals surface area contributed by atoms with Crippen molar-refractivity contribution >= 4 is 11.8 Å². The highest BCUT2D eigenvalue weighted by atomic mass is 16.6. The van der Waals surface area contributed by atoms with E-state index in [4.69, 9.17) is 4.74 Å². The Labute approximate surface area is 140 Å². The van der Waals surface area contributed by atoms with Gasteiger partial charge in [-0.05, 0) is 70.6 Å². The average molecular weight is 318 g/mol. The zero-order valence-corrected chi connectivity index (χ0v) is 14.8. The number of ether oxygens (including phenoxy) is 1. The summed E-state index contributed by atoms with van der Waals surface area (Å²) < 4.78 is 5.35. The molecule has 1 fully saturated rings. The van der Waals surface area contributed by atoms with Crippen LogP contribution < -0.4 is 10.6 Å². The van der Waals surface area contributed by atoms with E-state index in [1.807, 2.05) is 20.8 Å². The van der Waals surface area contributed by atoms with Crippen LogP contribution in [0, 0.1) is 0 Å². The summed E-state index contributed by atoms with van der Waals surface area (Å²) in [5.41, 5.74) is 2.07. The van der Waals surface area contributed by atoms with E-state index in [9.17, 15) is 4.79 Å². The van der Waals surface area contributed by atoms with Crippen molar-refractivity contribution in [3.05, 3.63) is 29.8 Å². The number of aryl methyl sites for hydroxylation is 1. The lowest BCUT2D eigenvalue weighted by atomic mass is 9.91. The molecule has 4 nitrogen and oxygen atoms in total. The standard InChI is InChI=1S/C19H30N2O2/c1-5-14-8-6-9-15(12-14)20-16-10-7-11-17(13-16)21-18(22)23-19(2,3)4/h6,8-9,12,16-17,20H,5,7,10-11,13H2,1-4H3,(H,21,22). The summed E-state index contributed by atoms with van der Waals surface area (Å²) in [6.45, 7) is 7.83. The molecule has 4 heteroatoms. The lowest BCUT2D eigenvalue weighted by molar-refractivity contribution is 0.0492. The Morgan fingerprint density at radius 3 is 2.70 bits per heavy atom. The van der Waals surface area contributed by atoms with Crippen molar-refractivity contribution in [2.24, 2.45) is 0 Å². The fourth-order valence-corrected chi connectivity index (χ4v) is 3.04. The number of nitrogens with one attached hydrogen (secondary N) is 2. The van der Waals surface area contributed by atoms with Crippen LogP contribution in [0.15, 0.2) is 24.3 Å². The highest BCUT2D eigenvalue weighted by Gasteiger charge is 2.25. The minimum atomic E-state index is -0.447. The first-order chi connectivity index (χ1) is 10.9. The first kappa shape index (κ1) is 17.6. The molecule has 2 unspecified atom stereocenters. The van der Waals surface area contributed by atoms with Crippen molar-refractivity contribution in [2.45, 2.75) is 77.5 Å². The summed E-state index contributed by atoms with van der Waals surface area (Å²) in [4.78, 5) is 11.9. The van der Waals surface area contributed by atoms with E-state index in [0.29, 0.717) is 6.04 Å². The first-order valence-electron chi connectivity index (χ1n) is 8.70. The van der Waals surface area contributed by atoms with Crippen LogP contribution in [0.25, 0.3) is 0 Å². The molecule has 2 N–H and O–H groups in total. The van der Waals surface area contributed by atoms with Gasteiger partial charge in [-0.25, -0.2) is 4.79 Å². The van der Waals surface area contributed by atoms with Crippen molar-refractivity contribution < 1.29 is 9.53 Å². The minimum Gasteiger partial charge on any atom is -0.444 e. The fourth-order valence-electron chi connectivity index (χ4n) is 3.04. The molecule has 0 radical (unpaired) electrons. The minimum absolute atomic E-state index is 0.186. The van der Waals surface area contributed by atoms with Crippen LogP contribution >= 0.6 is 0 Å². The normalized spacial score (nSPS) is 21.6. The maximum absolute atomic E-state index is 11.9. The van der Waals surface area contributed by atoms with Crippen molar-refractivity contribution in [1.82, 2.24) is 5.32 Å². The molecule has 0 bridgehead atoms. The summed E-state index contributed by atoms with van der Waals surface area (Å²) in [5, 5.41) is 6.63. The van der Waals surface area contributed by atoms with E-state index in [0.717, 1.165) is 32.1 Å². The summed E-state index contributed by atoms with van der Waals surface area (Å²) >= 11 is 0. The lowest BCUT2D eigenvalue weighted by Gasteiger charge is -2.31. The summed E-state index contributed by atoms with van der Waals surface area (Å²) in [6.07, 6.45) is 4.95. The fraction of sp³-hybridized carbons (Fsp3) is 0.632. The van der Waals surface area contributed by atoms with Crippen molar-refractivity contribution in [3.63, 3.8) is 0 Å². The molecule has 1 aliphatic rings. The van der Waals surface area contributed by atoms with Gasteiger partial charge in [0.2, 0.25) is 0 Å². The molecule has 128 valence electrons. The number of alkyl carbamates (subject to hydrolysis) is 1. The van der Waals surface area contributed by atoms with Gasteiger partial charge in [-0.3, -0.25) is 0 Å². The molecule has 1 aromatic carbocycles. The molecule has 1 aliphatic carbocycles. The topological polar surface area (TPSA) is 50.4 Å². The summed E-state index contributed by atoms with van der Waals surface area (Å²) in [7, 11) is 0. The molecule has 0 saturated heterocycles. The molecule has 0 spiro atoms. The Morgan fingerprint density at radius 2 is 2.00 bits per heavy atom. The molecule has 2 atom stereocenters. The lowest BCUT2D eigenvalue weighted by Crippen LogP contribution is -2.43. The van der Waals surface area contributed by atoms with E-state index < -0.39 is 5.60 Å². The predicted molar refractivity (Wildman–Crippen MR) is 94.9 cm³/mol. The molecule has 2 rings (SSSR count). The number of hydrogen-bond donors (Lipinski definition) is 2. The number of hydrogen-bond acceptors (Lipinski definition) is 3. The van der Waals surface area contributed by atoms with Crippen LogP contribution in [-0.2, 0) is 11.2 Å². The third kappa shape index (κ3) is 6.12. The third-order valence-electron chi connectivity index (χ3n) is 4.10. The van der Waals surface area contributed by atoms with Gasteiger partial charge in [0.05, 0.1) is 0 Å². The zero-order chi connectivity index (χ0) is 16.9. The number of benzene rings is 1. The molecule has 1 aromatic rings. The van der Waals surface area contributed by atoms with Crippen molar-refractivity contribution in [2.75, 3.05) is 5.32 Å². The first-order valence-corrected chi connectivity index (χ1v) is 8.70. The molecular weight excluding hydrogens is 288 g/mol. The number of rotatable bonds is 4. The second-order valence-corrected chi connectivity index (χ2v) is 7.40. The molecule has 1 amide bonds. The molecular formula is C19H30N2O2. The second kappa shape index (κ2) is 7.71. The Balaban J connectivity index is 1.86. The molecule has 1 saturated carbocycles. The zero-order valence-electron chi connectivity index (χ0n) is 14.8. The smallest absolute Gasteiger partial charge is 0.407 e. The number of carbonyl (C=O) groups excluding carboxylic acids is 1. The highest BCUT2D eigenvalue weighted by Crippen LogP contribution is 2.23. The SMILES string of the molecule is CCc1cccc(NC2CCCC(NC(=O)OC(C)(C)C)C2)c1. The molecule has 0 heterocycles. The van der Waals surface area contributed by atoms with Gasteiger partial charge in [0.25, 0.3) is 0 Å². The van der Waals surface area contributed by atoms with Gasteiger partial charge in [-0.15, -0.1) is 0 Å². The second-order valence-electron chi connectivity index (χ2n) is 7.40. The van der Waals surface area contributed by atoms with Crippen LogP contribution in [0.1, 0.15) is 58.9 Å². The number of amides is 1. The third-order valence-corrected chi connectivity index (χ3v) is 4.10. The Kier molecular flexibility index (Phi) is 5.91. The van der Waals surface area contributed by atoms with Crippen molar-refractivity contribution in [1.29, 1.82) is 0 Å². The van der Waals surface area contributed by atoms with Crippen LogP contribution in [0.2, 0.25) is 0 Å². The van der Waals surface area contributed by atoms with E-state index in [2.05, 4.69) is 41.8 Å². The van der Waals surface area contributed by atoms with Gasteiger partial charge >= 0.3 is 6.09 Å². The summed E-state index contributed by atoms with van der Waals surface area (Å²) in [5.74, 6) is 0. The van der Waals surface area contributed by atoms with Crippen LogP contribution in [-0.4, -0.2) is 23.8 Å². The van der Waals surface area contributed by atoms with Gasteiger partial charge in [0.1, 0.15) is 5.60 Å². The van der Waals surface area contributed by atoms with Gasteiger partial charge in [0.15, 0.2) is 0 Å². The maximum atomic E-state index is 11.9. The van der Waals surface area contributed by atoms with Crippen LogP contribution in [0.5, 0.6) is 0 Å². The Morgan fingerprint density at radius 1 is 1.26 bits per heavy atom. The molecule has 23 heavy (non-hydrogen) atoms. The van der Waals surface area contributed by atoms with Gasteiger partial charge < -0.3 is 15.4 Å². The van der Waals surface area contributed by atoms with Crippen LogP contribution in [0.4, 0.5) is 10.5 Å². The van der Waals surface area contributed by atoms with E-state index in [-0.39, 0.29) is 12.1 Å². The Hall–Kier alpha value is -1.71. The van der Waals surface area contributed by atoms with Gasteiger partial charge in [0, 0.05) is 17.8 Å². The van der Waals surface area contributed by atoms with E-state index >= 15 is 0 Å². The summed E-state index contributed by atoms with van der Waals surface area (Å²) in [6, 6.07) is 9.16. The predicted octanol–water partition coefficient (Wildman–Crippen LogP) is 4.50. The van der Waals surface area contributed by atoms with Gasteiger partial charge in [-0.1, -0.05) is 19.1 Å². The maximum Gasteiger partial charge on any atom is 0.407 e. The molecule has 0 aromatic heterocycles. The van der Waals surface area contributed by atoms with Crippen molar-refractivity contribution in [3.8, 4) is 0 Å². The van der Waals surface area contributed by atoms with E-state index in [1.165, 1.54) is 11.3 Å². The quantitative estimate of drug-likeness (QED) is 0.859. The monoisotopic (exact) mass is 318 g/mol. The van der Waals surface area contributed by atoms with Crippen LogP contribution in [0.3, 0.4) is 0 Å². The van der Waals surface area contributed by atoms with E-state index in [1.54, 1.807) is 0 Å². The molecule has 0 aliphatic heterocycles. The van der Waals surface area contributed by atoms with Gasteiger partial charge in [-0.2, -0.15) is 0 Å².